The Morgan fingerprint density at radius 1 is 0.848 bits per heavy atom. The molecule has 0 radical (unpaired) electrons. The van der Waals surface area contributed by atoms with E-state index in [-0.39, 0.29) is 13.0 Å². The lowest BCUT2D eigenvalue weighted by atomic mass is 10.2. The highest BCUT2D eigenvalue weighted by atomic mass is 32.4. The summed E-state index contributed by atoms with van der Waals surface area (Å²) in [5, 5.41) is 0. The first-order chi connectivity index (χ1) is 14.7. The molecular formula is C20H40F6O6S. The van der Waals surface area contributed by atoms with Gasteiger partial charge in [0, 0.05) is 6.61 Å². The van der Waals surface area contributed by atoms with Crippen molar-refractivity contribution in [3.63, 3.8) is 0 Å². The standard InChI is InChI=1S/C20H40F6O6S/c1-9-11-12-27-15-33(28-13-16(3)4,30-17(5)10-2,31-18(6,7)8,32-20(24,25)26)29-14-19(21,22)23/h16-17H,9-15H2,1-8H3. The zero-order valence-corrected chi connectivity index (χ0v) is 21.5. The Hall–Kier alpha value is -0.310. The van der Waals surface area contributed by atoms with E-state index in [1.54, 1.807) is 27.7 Å². The van der Waals surface area contributed by atoms with Gasteiger partial charge in [-0.05, 0) is 46.5 Å². The Labute approximate surface area is 192 Å². The second-order valence-electron chi connectivity index (χ2n) is 9.24. The van der Waals surface area contributed by atoms with Crippen LogP contribution in [0.1, 0.15) is 74.7 Å². The normalized spacial score (nSPS) is 17.2. The average molecular weight is 523 g/mol. The van der Waals surface area contributed by atoms with Crippen LogP contribution in [0.4, 0.5) is 26.3 Å². The van der Waals surface area contributed by atoms with Crippen molar-refractivity contribution < 1.29 is 52.0 Å². The van der Waals surface area contributed by atoms with E-state index in [0.717, 1.165) is 0 Å². The minimum Gasteiger partial charge on any atom is -0.363 e. The number of hydrogen-bond donors (Lipinski definition) is 0. The van der Waals surface area contributed by atoms with E-state index in [9.17, 15) is 26.3 Å². The Morgan fingerprint density at radius 2 is 1.42 bits per heavy atom. The summed E-state index contributed by atoms with van der Waals surface area (Å²) in [6.07, 6.45) is -10.7. The first-order valence-corrected chi connectivity index (χ1v) is 13.1. The molecule has 6 nitrogen and oxygen atoms in total. The molecule has 0 saturated carbocycles. The quantitative estimate of drug-likeness (QED) is 0.163. The minimum absolute atomic E-state index is 0.0874. The number of hydrogen-bond acceptors (Lipinski definition) is 6. The van der Waals surface area contributed by atoms with Crippen LogP contribution in [-0.2, 0) is 25.7 Å². The monoisotopic (exact) mass is 522 g/mol. The van der Waals surface area contributed by atoms with Crippen molar-refractivity contribution in [2.24, 2.45) is 5.92 Å². The first kappa shape index (κ1) is 32.7. The highest BCUT2D eigenvalue weighted by molar-refractivity contribution is 8.47. The predicted molar refractivity (Wildman–Crippen MR) is 115 cm³/mol. The van der Waals surface area contributed by atoms with Crippen LogP contribution in [0.15, 0.2) is 0 Å². The van der Waals surface area contributed by atoms with Crippen LogP contribution >= 0.6 is 9.70 Å². The number of halogens is 6. The van der Waals surface area contributed by atoms with Gasteiger partial charge in [0.1, 0.15) is 0 Å². The highest BCUT2D eigenvalue weighted by Crippen LogP contribution is 2.96. The van der Waals surface area contributed by atoms with Crippen molar-refractivity contribution in [2.75, 3.05) is 25.8 Å². The van der Waals surface area contributed by atoms with Crippen molar-refractivity contribution in [1.29, 1.82) is 0 Å². The maximum atomic E-state index is 14.0. The zero-order chi connectivity index (χ0) is 26.3. The molecule has 0 saturated heterocycles. The van der Waals surface area contributed by atoms with Crippen LogP contribution in [0.25, 0.3) is 0 Å². The summed E-state index contributed by atoms with van der Waals surface area (Å²) >= 11 is 0. The summed E-state index contributed by atoms with van der Waals surface area (Å²) in [5.41, 5.74) is -1.57. The first-order valence-electron chi connectivity index (χ1n) is 10.9. The van der Waals surface area contributed by atoms with Crippen molar-refractivity contribution in [2.45, 2.75) is 98.9 Å². The summed E-state index contributed by atoms with van der Waals surface area (Å²) in [4.78, 5) is 0. The second kappa shape index (κ2) is 11.2. The summed E-state index contributed by atoms with van der Waals surface area (Å²) in [6.45, 7) is 9.06. The molecule has 204 valence electrons. The van der Waals surface area contributed by atoms with Gasteiger partial charge < -0.3 is 4.74 Å². The molecule has 0 aromatic rings. The fraction of sp³-hybridized carbons (Fsp3) is 1.00. The minimum atomic E-state index is -7.03. The van der Waals surface area contributed by atoms with Crippen molar-refractivity contribution in [3.8, 4) is 0 Å². The molecule has 0 rings (SSSR count). The van der Waals surface area contributed by atoms with Gasteiger partial charge in [-0.2, -0.15) is 17.4 Å². The highest BCUT2D eigenvalue weighted by Gasteiger charge is 2.74. The smallest absolute Gasteiger partial charge is 0.363 e. The van der Waals surface area contributed by atoms with Crippen LogP contribution in [0, 0.1) is 5.92 Å². The molecule has 13 heteroatoms. The Balaban J connectivity index is 7.36. The van der Waals surface area contributed by atoms with Gasteiger partial charge in [-0.15, -0.1) is 13.2 Å². The van der Waals surface area contributed by atoms with Gasteiger partial charge in [-0.1, -0.05) is 34.1 Å². The van der Waals surface area contributed by atoms with Crippen LogP contribution in [0.2, 0.25) is 0 Å². The van der Waals surface area contributed by atoms with E-state index in [1.807, 2.05) is 0 Å². The number of ether oxygens (including phenoxy) is 1. The van der Waals surface area contributed by atoms with Crippen LogP contribution < -0.4 is 0 Å². The lowest BCUT2D eigenvalue weighted by molar-refractivity contribution is -0.308. The molecule has 0 aromatic carbocycles. The maximum Gasteiger partial charge on any atom is 0.537 e. The van der Waals surface area contributed by atoms with Gasteiger partial charge >= 0.3 is 12.5 Å². The topological polar surface area (TPSA) is 55.4 Å². The van der Waals surface area contributed by atoms with Gasteiger partial charge in [0.25, 0.3) is 0 Å². The van der Waals surface area contributed by atoms with Gasteiger partial charge in [0.15, 0.2) is 22.2 Å². The van der Waals surface area contributed by atoms with Gasteiger partial charge in [0.05, 0.1) is 18.3 Å². The Bertz CT molecular complexity index is 589. The summed E-state index contributed by atoms with van der Waals surface area (Å²) < 4.78 is 114. The SMILES string of the molecule is CCCCOCS(OCC(C)C)(OCC(F)(F)F)(OC(C)CC)(OC(C)(C)C)OC(F)(F)F. The second-order valence-corrected chi connectivity index (χ2v) is 13.0. The van der Waals surface area contributed by atoms with Crippen molar-refractivity contribution in [3.05, 3.63) is 0 Å². The third-order valence-electron chi connectivity index (χ3n) is 3.84. The molecule has 0 spiro atoms. The maximum absolute atomic E-state index is 14.0. The molecule has 0 N–H and O–H groups in total. The molecule has 1 atom stereocenters. The summed E-state index contributed by atoms with van der Waals surface area (Å²) in [5.74, 6) is -1.74. The van der Waals surface area contributed by atoms with E-state index >= 15 is 0 Å². The largest absolute Gasteiger partial charge is 0.537 e. The number of rotatable bonds is 15. The Morgan fingerprint density at radius 3 is 1.82 bits per heavy atom. The van der Waals surface area contributed by atoms with E-state index in [4.69, 9.17) is 21.5 Å². The molecule has 1 unspecified atom stereocenters. The molecule has 0 heterocycles. The van der Waals surface area contributed by atoms with Crippen molar-refractivity contribution >= 4 is 9.70 Å². The van der Waals surface area contributed by atoms with Gasteiger partial charge in [-0.3, -0.25) is 16.7 Å². The fourth-order valence-corrected chi connectivity index (χ4v) is 7.37. The molecule has 0 aliphatic carbocycles. The molecule has 0 bridgehead atoms. The predicted octanol–water partition coefficient (Wildman–Crippen LogP) is 7.63. The van der Waals surface area contributed by atoms with Crippen LogP contribution in [0.3, 0.4) is 0 Å². The third-order valence-corrected chi connectivity index (χ3v) is 8.09. The zero-order valence-electron chi connectivity index (χ0n) is 20.7. The Kier molecular flexibility index (Phi) is 11.1. The summed E-state index contributed by atoms with van der Waals surface area (Å²) in [6, 6.07) is 0. The van der Waals surface area contributed by atoms with E-state index in [1.165, 1.54) is 27.7 Å². The lowest BCUT2D eigenvalue weighted by Gasteiger charge is -2.74. The summed E-state index contributed by atoms with van der Waals surface area (Å²) in [7, 11) is -7.03. The van der Waals surface area contributed by atoms with E-state index < -0.39 is 59.0 Å². The molecule has 0 aromatic heterocycles. The van der Waals surface area contributed by atoms with E-state index in [2.05, 4.69) is 4.18 Å². The van der Waals surface area contributed by atoms with Crippen LogP contribution in [-0.4, -0.2) is 50.0 Å². The third kappa shape index (κ3) is 10.9. The van der Waals surface area contributed by atoms with E-state index in [0.29, 0.717) is 12.8 Å². The number of alkyl halides is 6. The fourth-order valence-electron chi connectivity index (χ4n) is 2.62. The molecule has 0 amide bonds. The molecule has 33 heavy (non-hydrogen) atoms. The number of unbranched alkanes of at least 4 members (excludes halogenated alkanes) is 1. The van der Waals surface area contributed by atoms with Gasteiger partial charge in [-0.25, -0.2) is 0 Å². The molecule has 0 aliphatic heterocycles. The van der Waals surface area contributed by atoms with Gasteiger partial charge in [0.2, 0.25) is 0 Å². The molecule has 0 aliphatic rings. The molecule has 0 fully saturated rings. The lowest BCUT2D eigenvalue weighted by Crippen LogP contribution is -2.58. The average Bonchev–Trinajstić information content (AvgIpc) is 2.60. The van der Waals surface area contributed by atoms with Crippen molar-refractivity contribution in [1.82, 2.24) is 0 Å². The molecular weight excluding hydrogens is 482 g/mol. The van der Waals surface area contributed by atoms with Crippen LogP contribution in [0.5, 0.6) is 0 Å².